The van der Waals surface area contributed by atoms with Crippen molar-refractivity contribution in [1.29, 1.82) is 0 Å². The van der Waals surface area contributed by atoms with Gasteiger partial charge in [0, 0.05) is 24.4 Å². The van der Waals surface area contributed by atoms with Gasteiger partial charge in [0.1, 0.15) is 17.2 Å². The normalized spacial score (nSPS) is 13.2. The van der Waals surface area contributed by atoms with Crippen LogP contribution in [0.5, 0.6) is 0 Å². The number of anilines is 5. The number of halogens is 5. The lowest BCUT2D eigenvalue weighted by Gasteiger charge is -2.17. The molecule has 0 radical (unpaired) electrons. The van der Waals surface area contributed by atoms with E-state index < -0.39 is 57.2 Å². The third-order valence-corrected chi connectivity index (χ3v) is 6.60. The molecular formula is C22H19F5N6O3S. The topological polar surface area (TPSA) is 125 Å². The van der Waals surface area contributed by atoms with E-state index in [9.17, 15) is 35.2 Å². The number of nitrogens with zero attached hydrogens (tertiary/aromatic N) is 2. The second-order valence-electron chi connectivity index (χ2n) is 7.92. The summed E-state index contributed by atoms with van der Waals surface area (Å²) < 4.78 is 95.0. The summed E-state index contributed by atoms with van der Waals surface area (Å²) in [5, 5.41) is 7.77. The summed E-state index contributed by atoms with van der Waals surface area (Å²) >= 11 is 0. The van der Waals surface area contributed by atoms with Crippen LogP contribution in [0.15, 0.2) is 36.5 Å². The summed E-state index contributed by atoms with van der Waals surface area (Å²) in [5.41, 5.74) is -0.703. The molecule has 0 atom stereocenters. The first kappa shape index (κ1) is 26.1. The summed E-state index contributed by atoms with van der Waals surface area (Å²) in [7, 11) is -3.98. The predicted molar refractivity (Wildman–Crippen MR) is 126 cm³/mol. The molecular weight excluding hydrogens is 523 g/mol. The van der Waals surface area contributed by atoms with Gasteiger partial charge in [-0.2, -0.15) is 18.2 Å². The highest BCUT2D eigenvalue weighted by atomic mass is 32.2. The molecule has 15 heteroatoms. The van der Waals surface area contributed by atoms with Crippen LogP contribution in [0.4, 0.5) is 50.8 Å². The van der Waals surface area contributed by atoms with E-state index in [1.165, 1.54) is 6.92 Å². The second kappa shape index (κ2) is 9.80. The average Bonchev–Trinajstić information content (AvgIpc) is 3.20. The zero-order valence-corrected chi connectivity index (χ0v) is 19.8. The molecule has 0 fully saturated rings. The van der Waals surface area contributed by atoms with Crippen molar-refractivity contribution in [2.24, 2.45) is 0 Å². The van der Waals surface area contributed by atoms with Crippen LogP contribution < -0.4 is 20.7 Å². The van der Waals surface area contributed by atoms with Crippen molar-refractivity contribution in [3.05, 3.63) is 64.9 Å². The van der Waals surface area contributed by atoms with Gasteiger partial charge in [-0.05, 0) is 24.6 Å². The number of rotatable bonds is 8. The number of hydrogen-bond acceptors (Lipinski definition) is 7. The summed E-state index contributed by atoms with van der Waals surface area (Å²) in [4.78, 5) is 19.3. The molecule has 0 aliphatic carbocycles. The van der Waals surface area contributed by atoms with Gasteiger partial charge < -0.3 is 16.0 Å². The van der Waals surface area contributed by atoms with Crippen LogP contribution in [-0.4, -0.2) is 30.0 Å². The number of sulfonamides is 1. The zero-order chi connectivity index (χ0) is 27.0. The molecule has 2 heterocycles. The third kappa shape index (κ3) is 5.87. The molecule has 0 saturated carbocycles. The molecule has 1 amide bonds. The second-order valence-corrected chi connectivity index (χ2v) is 9.94. The van der Waals surface area contributed by atoms with Crippen LogP contribution in [0.1, 0.15) is 23.6 Å². The fourth-order valence-electron chi connectivity index (χ4n) is 3.55. The molecule has 0 saturated heterocycles. The van der Waals surface area contributed by atoms with E-state index in [0.717, 1.165) is 6.07 Å². The molecule has 0 spiro atoms. The smallest absolute Gasteiger partial charge is 0.365 e. The first-order valence-corrected chi connectivity index (χ1v) is 12.4. The van der Waals surface area contributed by atoms with Gasteiger partial charge in [0.2, 0.25) is 21.9 Å². The number of benzene rings is 2. The number of fused-ring (bicyclic) bond motifs is 1. The van der Waals surface area contributed by atoms with E-state index in [1.807, 2.05) is 4.72 Å². The van der Waals surface area contributed by atoms with Crippen LogP contribution >= 0.6 is 0 Å². The molecule has 0 unspecified atom stereocenters. The lowest BCUT2D eigenvalue weighted by atomic mass is 10.1. The molecule has 1 aliphatic rings. The minimum absolute atomic E-state index is 0.139. The van der Waals surface area contributed by atoms with Crippen LogP contribution in [0, 0.1) is 11.6 Å². The number of para-hydroxylation sites is 1. The fourth-order valence-corrected chi connectivity index (χ4v) is 4.23. The van der Waals surface area contributed by atoms with E-state index in [1.54, 1.807) is 18.2 Å². The third-order valence-electron chi connectivity index (χ3n) is 5.33. The maximum atomic E-state index is 14.4. The number of alkyl halides is 3. The Morgan fingerprint density at radius 1 is 1.16 bits per heavy atom. The van der Waals surface area contributed by atoms with Crippen molar-refractivity contribution in [1.82, 2.24) is 9.97 Å². The largest absolute Gasteiger partial charge is 0.421 e. The standard InChI is InChI=1S/C22H19F5N6O3S/c1-2-37(35,36)33-18-12(6-13(23)8-15(18)24)9-28-20-14(22(25,26)27)10-29-21(32-20)30-16-5-3-4-11-7-17(34)31-19(11)16/h3-6,8,10,33H,2,7,9H2,1H3,(H,31,34)(H2,28,29,30,32). The maximum absolute atomic E-state index is 14.4. The van der Waals surface area contributed by atoms with Gasteiger partial charge in [0.15, 0.2) is 5.82 Å². The molecule has 37 heavy (non-hydrogen) atoms. The SMILES string of the molecule is CCS(=O)(=O)Nc1c(F)cc(F)cc1CNc1nc(Nc2cccc3c2NC(=O)C3)ncc1C(F)(F)F. The van der Waals surface area contributed by atoms with E-state index in [4.69, 9.17) is 0 Å². The Morgan fingerprint density at radius 3 is 2.62 bits per heavy atom. The Hall–Kier alpha value is -4.01. The molecule has 1 aliphatic heterocycles. The predicted octanol–water partition coefficient (Wildman–Crippen LogP) is 4.39. The quantitative estimate of drug-likeness (QED) is 0.311. The highest BCUT2D eigenvalue weighted by Crippen LogP contribution is 2.36. The minimum Gasteiger partial charge on any atom is -0.365 e. The van der Waals surface area contributed by atoms with Crippen molar-refractivity contribution < 1.29 is 35.2 Å². The van der Waals surface area contributed by atoms with Crippen LogP contribution in [-0.2, 0) is 34.0 Å². The lowest BCUT2D eigenvalue weighted by molar-refractivity contribution is -0.137. The van der Waals surface area contributed by atoms with Gasteiger partial charge in [-0.25, -0.2) is 22.2 Å². The number of hydrogen-bond donors (Lipinski definition) is 4. The lowest BCUT2D eigenvalue weighted by Crippen LogP contribution is -2.19. The first-order chi connectivity index (χ1) is 17.4. The van der Waals surface area contributed by atoms with Crippen molar-refractivity contribution in [3.8, 4) is 0 Å². The zero-order valence-electron chi connectivity index (χ0n) is 19.0. The number of nitrogens with one attached hydrogen (secondary N) is 4. The molecule has 9 nitrogen and oxygen atoms in total. The van der Waals surface area contributed by atoms with Gasteiger partial charge in [-0.1, -0.05) is 12.1 Å². The van der Waals surface area contributed by atoms with Gasteiger partial charge in [-0.3, -0.25) is 9.52 Å². The summed E-state index contributed by atoms with van der Waals surface area (Å²) in [6, 6.07) is 6.15. The molecule has 4 N–H and O–H groups in total. The number of amides is 1. The van der Waals surface area contributed by atoms with E-state index in [2.05, 4.69) is 25.9 Å². The van der Waals surface area contributed by atoms with Gasteiger partial charge in [-0.15, -0.1) is 0 Å². The Labute approximate surface area is 207 Å². The minimum atomic E-state index is -4.89. The monoisotopic (exact) mass is 542 g/mol. The van der Waals surface area contributed by atoms with E-state index in [0.29, 0.717) is 29.2 Å². The molecule has 196 valence electrons. The van der Waals surface area contributed by atoms with Crippen LogP contribution in [0.25, 0.3) is 0 Å². The van der Waals surface area contributed by atoms with Crippen molar-refractivity contribution in [2.45, 2.75) is 26.1 Å². The summed E-state index contributed by atoms with van der Waals surface area (Å²) in [5.74, 6) is -3.96. The Balaban J connectivity index is 1.66. The Bertz CT molecular complexity index is 1480. The number of aromatic nitrogens is 2. The highest BCUT2D eigenvalue weighted by Gasteiger charge is 2.35. The van der Waals surface area contributed by atoms with E-state index in [-0.39, 0.29) is 23.8 Å². The van der Waals surface area contributed by atoms with Crippen molar-refractivity contribution in [2.75, 3.05) is 26.4 Å². The Morgan fingerprint density at radius 2 is 1.92 bits per heavy atom. The van der Waals surface area contributed by atoms with Gasteiger partial charge in [0.05, 0.1) is 29.2 Å². The number of carbonyl (C=O) groups is 1. The van der Waals surface area contributed by atoms with E-state index >= 15 is 0 Å². The molecule has 2 aromatic carbocycles. The molecule has 0 bridgehead atoms. The summed E-state index contributed by atoms with van der Waals surface area (Å²) in [6.07, 6.45) is -4.23. The van der Waals surface area contributed by atoms with Crippen LogP contribution in [0.2, 0.25) is 0 Å². The first-order valence-electron chi connectivity index (χ1n) is 10.7. The Kier molecular flexibility index (Phi) is 6.90. The van der Waals surface area contributed by atoms with Crippen molar-refractivity contribution in [3.63, 3.8) is 0 Å². The van der Waals surface area contributed by atoms with Gasteiger partial charge >= 0.3 is 6.18 Å². The highest BCUT2D eigenvalue weighted by molar-refractivity contribution is 7.92. The van der Waals surface area contributed by atoms with Crippen molar-refractivity contribution >= 4 is 44.8 Å². The van der Waals surface area contributed by atoms with Gasteiger partial charge in [0.25, 0.3) is 0 Å². The maximum Gasteiger partial charge on any atom is 0.421 e. The average molecular weight is 542 g/mol. The fraction of sp³-hybridized carbons (Fsp3) is 0.227. The molecule has 1 aromatic heterocycles. The summed E-state index contributed by atoms with van der Waals surface area (Å²) in [6.45, 7) is 0.673. The molecule has 3 aromatic rings. The molecule has 4 rings (SSSR count). The van der Waals surface area contributed by atoms with Crippen LogP contribution in [0.3, 0.4) is 0 Å². The number of carbonyl (C=O) groups excluding carboxylic acids is 1.